The minimum atomic E-state index is 0.343. The molecule has 1 rings (SSSR count). The van der Waals surface area contributed by atoms with E-state index < -0.39 is 0 Å². The van der Waals surface area contributed by atoms with Crippen LogP contribution in [-0.4, -0.2) is 21.0 Å². The lowest BCUT2D eigenvalue weighted by molar-refractivity contribution is 0.291. The predicted octanol–water partition coefficient (Wildman–Crippen LogP) is 2.89. The first-order valence-corrected chi connectivity index (χ1v) is 5.26. The van der Waals surface area contributed by atoms with E-state index in [0.717, 1.165) is 6.04 Å². The van der Waals surface area contributed by atoms with Gasteiger partial charge in [0.1, 0.15) is 0 Å². The van der Waals surface area contributed by atoms with E-state index in [1.807, 2.05) is 0 Å². The number of hydrogen-bond acceptors (Lipinski definition) is 1. The van der Waals surface area contributed by atoms with Crippen LogP contribution in [0, 0.1) is 5.41 Å². The smallest absolute Gasteiger partial charge is 0.0676 e. The Kier molecular flexibility index (Phi) is 2.30. The van der Waals surface area contributed by atoms with Gasteiger partial charge in [-0.05, 0) is 19.3 Å². The average molecular weight is 267 g/mol. The molecular weight excluding hydrogens is 249 g/mol. The van der Waals surface area contributed by atoms with Crippen LogP contribution in [0.15, 0.2) is 0 Å². The second-order valence-corrected chi connectivity index (χ2v) is 7.58. The minimum Gasteiger partial charge on any atom is -0.283 e. The molecule has 0 N–H and O–H groups in total. The Hall–Kier alpha value is 0.690. The Labute approximate surface area is 83.7 Å². The van der Waals surface area contributed by atoms with Gasteiger partial charge in [-0.25, -0.2) is 0 Å². The van der Waals surface area contributed by atoms with Gasteiger partial charge < -0.3 is 0 Å². The highest BCUT2D eigenvalue weighted by Crippen LogP contribution is 2.42. The van der Waals surface area contributed by atoms with Crippen molar-refractivity contribution in [2.45, 2.75) is 44.2 Å². The van der Waals surface area contributed by atoms with Crippen LogP contribution >= 0.6 is 22.6 Å². The van der Waals surface area contributed by atoms with Gasteiger partial charge in [0.15, 0.2) is 0 Å². The zero-order valence-electron chi connectivity index (χ0n) is 8.11. The molecule has 2 unspecified atom stereocenters. The van der Waals surface area contributed by atoms with Crippen LogP contribution in [0.2, 0.25) is 0 Å². The average Bonchev–Trinajstić information content (AvgIpc) is 2.30. The molecule has 1 aliphatic heterocycles. The van der Waals surface area contributed by atoms with Gasteiger partial charge in [-0.2, -0.15) is 0 Å². The molecule has 1 aliphatic rings. The molecule has 2 heteroatoms. The van der Waals surface area contributed by atoms with Crippen LogP contribution < -0.4 is 0 Å². The van der Waals surface area contributed by atoms with Gasteiger partial charge >= 0.3 is 0 Å². The van der Waals surface area contributed by atoms with Crippen LogP contribution in [0.5, 0.6) is 0 Å². The highest BCUT2D eigenvalue weighted by molar-refractivity contribution is 14.1. The fourth-order valence-electron chi connectivity index (χ4n) is 1.47. The Morgan fingerprint density at radius 2 is 1.64 bits per heavy atom. The second-order valence-electron chi connectivity index (χ2n) is 4.94. The van der Waals surface area contributed by atoms with E-state index in [9.17, 15) is 0 Å². The molecule has 1 fully saturated rings. The van der Waals surface area contributed by atoms with Gasteiger partial charge in [0.2, 0.25) is 0 Å². The van der Waals surface area contributed by atoms with Gasteiger partial charge in [-0.3, -0.25) is 4.90 Å². The van der Waals surface area contributed by atoms with E-state index in [1.165, 1.54) is 6.54 Å². The summed E-state index contributed by atoms with van der Waals surface area (Å²) in [7, 11) is 0. The van der Waals surface area contributed by atoms with Crippen molar-refractivity contribution in [3.63, 3.8) is 0 Å². The van der Waals surface area contributed by atoms with Crippen LogP contribution in [0.1, 0.15) is 34.6 Å². The lowest BCUT2D eigenvalue weighted by atomic mass is 9.92. The zero-order valence-corrected chi connectivity index (χ0v) is 10.3. The van der Waals surface area contributed by atoms with E-state index in [0.29, 0.717) is 8.96 Å². The number of nitrogens with zero attached hydrogens (tertiary/aromatic N) is 1. The standard InChI is InChI=1S/C9H18IN/c1-8(2,3)7-6-11(7)9(4,5)10/h7H,6H2,1-5H3. The highest BCUT2D eigenvalue weighted by Gasteiger charge is 2.48. The summed E-state index contributed by atoms with van der Waals surface area (Å²) in [6.07, 6.45) is 0. The molecule has 0 bridgehead atoms. The number of hydrogen-bond donors (Lipinski definition) is 0. The molecule has 0 saturated carbocycles. The summed E-state index contributed by atoms with van der Waals surface area (Å²) < 4.78 is 0.343. The molecule has 0 spiro atoms. The van der Waals surface area contributed by atoms with Gasteiger partial charge in [-0.15, -0.1) is 0 Å². The summed E-state index contributed by atoms with van der Waals surface area (Å²) in [4.78, 5) is 2.55. The molecule has 0 aromatic heterocycles. The van der Waals surface area contributed by atoms with Crippen molar-refractivity contribution >= 4 is 22.6 Å². The van der Waals surface area contributed by atoms with Crippen molar-refractivity contribution < 1.29 is 0 Å². The quantitative estimate of drug-likeness (QED) is 0.305. The third-order valence-corrected chi connectivity index (χ3v) is 2.91. The molecule has 0 aromatic rings. The Morgan fingerprint density at radius 1 is 1.18 bits per heavy atom. The largest absolute Gasteiger partial charge is 0.283 e. The highest BCUT2D eigenvalue weighted by atomic mass is 127. The molecule has 1 heterocycles. The van der Waals surface area contributed by atoms with Gasteiger partial charge in [-0.1, -0.05) is 43.4 Å². The Bertz CT molecular complexity index is 134. The lowest BCUT2D eigenvalue weighted by Gasteiger charge is -2.25. The number of halogens is 1. The molecule has 1 nitrogen and oxygen atoms in total. The lowest BCUT2D eigenvalue weighted by Crippen LogP contribution is -2.28. The van der Waals surface area contributed by atoms with Gasteiger partial charge in [0.25, 0.3) is 0 Å². The first kappa shape index (κ1) is 9.78. The van der Waals surface area contributed by atoms with Gasteiger partial charge in [0.05, 0.1) is 3.55 Å². The van der Waals surface area contributed by atoms with Crippen LogP contribution in [0.3, 0.4) is 0 Å². The van der Waals surface area contributed by atoms with E-state index in [4.69, 9.17) is 0 Å². The van der Waals surface area contributed by atoms with Crippen molar-refractivity contribution in [2.24, 2.45) is 5.41 Å². The zero-order chi connectivity index (χ0) is 8.86. The molecule has 0 aromatic carbocycles. The minimum absolute atomic E-state index is 0.343. The number of rotatable bonds is 1. The molecular formula is C9H18IN. The Morgan fingerprint density at radius 3 is 1.73 bits per heavy atom. The van der Waals surface area contributed by atoms with Crippen LogP contribution in [0.25, 0.3) is 0 Å². The number of alkyl halides is 1. The molecule has 1 saturated heterocycles. The van der Waals surface area contributed by atoms with Crippen molar-refractivity contribution in [1.29, 1.82) is 0 Å². The molecule has 0 aliphatic carbocycles. The topological polar surface area (TPSA) is 3.01 Å². The molecule has 11 heavy (non-hydrogen) atoms. The van der Waals surface area contributed by atoms with Gasteiger partial charge in [0, 0.05) is 12.6 Å². The molecule has 0 radical (unpaired) electrons. The maximum Gasteiger partial charge on any atom is 0.0676 e. The van der Waals surface area contributed by atoms with Crippen LogP contribution in [0.4, 0.5) is 0 Å². The van der Waals surface area contributed by atoms with Crippen molar-refractivity contribution in [2.75, 3.05) is 6.54 Å². The second kappa shape index (κ2) is 2.59. The monoisotopic (exact) mass is 267 g/mol. The van der Waals surface area contributed by atoms with Crippen molar-refractivity contribution in [1.82, 2.24) is 4.90 Å². The molecule has 66 valence electrons. The third-order valence-electron chi connectivity index (χ3n) is 2.29. The summed E-state index contributed by atoms with van der Waals surface area (Å²) in [5.41, 5.74) is 0.461. The van der Waals surface area contributed by atoms with Crippen molar-refractivity contribution in [3.8, 4) is 0 Å². The Balaban J connectivity index is 2.51. The summed E-state index contributed by atoms with van der Waals surface area (Å²) >= 11 is 2.51. The summed E-state index contributed by atoms with van der Waals surface area (Å²) in [5.74, 6) is 0. The van der Waals surface area contributed by atoms with Crippen molar-refractivity contribution in [3.05, 3.63) is 0 Å². The predicted molar refractivity (Wildman–Crippen MR) is 58.0 cm³/mol. The maximum atomic E-state index is 2.55. The fourth-order valence-corrected chi connectivity index (χ4v) is 2.00. The first-order valence-electron chi connectivity index (χ1n) is 4.18. The maximum absolute atomic E-state index is 2.55. The van der Waals surface area contributed by atoms with E-state index >= 15 is 0 Å². The van der Waals surface area contributed by atoms with Crippen LogP contribution in [-0.2, 0) is 0 Å². The summed E-state index contributed by atoms with van der Waals surface area (Å²) in [6.45, 7) is 12.8. The molecule has 2 atom stereocenters. The molecule has 0 amide bonds. The fraction of sp³-hybridized carbons (Fsp3) is 1.00. The van der Waals surface area contributed by atoms with E-state index in [-0.39, 0.29) is 0 Å². The third kappa shape index (κ3) is 2.31. The SMILES string of the molecule is CC(C)(C)C1CN1C(C)(C)I. The van der Waals surface area contributed by atoms with E-state index in [2.05, 4.69) is 62.1 Å². The first-order chi connectivity index (χ1) is 4.73. The normalized spacial score (nSPS) is 32.2. The summed E-state index contributed by atoms with van der Waals surface area (Å²) in [6, 6.07) is 0.800. The summed E-state index contributed by atoms with van der Waals surface area (Å²) in [5, 5.41) is 0. The van der Waals surface area contributed by atoms with E-state index in [1.54, 1.807) is 0 Å².